The number of halogens is 1. The van der Waals surface area contributed by atoms with Crippen molar-refractivity contribution in [3.63, 3.8) is 0 Å². The molecule has 4 unspecified atom stereocenters. The monoisotopic (exact) mass is 500 g/mol. The van der Waals surface area contributed by atoms with Gasteiger partial charge in [0.2, 0.25) is 0 Å². The molecule has 10 heteroatoms. The number of anilines is 1. The zero-order chi connectivity index (χ0) is 24.9. The van der Waals surface area contributed by atoms with Crippen LogP contribution < -0.4 is 9.64 Å². The van der Waals surface area contributed by atoms with Gasteiger partial charge in [-0.1, -0.05) is 23.5 Å². The van der Waals surface area contributed by atoms with Crippen LogP contribution in [0.2, 0.25) is 0 Å². The molecule has 1 aromatic carbocycles. The molecule has 3 aliphatic rings. The maximum Gasteiger partial charge on any atom is 0.350 e. The minimum Gasteiger partial charge on any atom is -0.497 e. The number of nitrogens with zero attached hydrogens (tertiary/aromatic N) is 2. The van der Waals surface area contributed by atoms with E-state index >= 15 is 0 Å². The maximum absolute atomic E-state index is 14.2. The van der Waals surface area contributed by atoms with Crippen LogP contribution in [0.3, 0.4) is 0 Å². The van der Waals surface area contributed by atoms with Crippen LogP contribution in [0, 0.1) is 12.8 Å². The predicted octanol–water partition coefficient (Wildman–Crippen LogP) is 4.08. The highest BCUT2D eigenvalue weighted by atomic mass is 32.1. The zero-order valence-corrected chi connectivity index (χ0v) is 20.4. The van der Waals surface area contributed by atoms with Gasteiger partial charge in [0.1, 0.15) is 22.9 Å². The Morgan fingerprint density at radius 3 is 2.69 bits per heavy atom. The number of amides is 1. The van der Waals surface area contributed by atoms with Crippen LogP contribution in [0.5, 0.6) is 5.75 Å². The third-order valence-corrected chi connectivity index (χ3v) is 7.80. The van der Waals surface area contributed by atoms with E-state index in [9.17, 15) is 18.8 Å². The van der Waals surface area contributed by atoms with Gasteiger partial charge in [0.15, 0.2) is 16.7 Å². The van der Waals surface area contributed by atoms with Gasteiger partial charge in [0.25, 0.3) is 5.91 Å². The Balaban J connectivity index is 1.61. The summed E-state index contributed by atoms with van der Waals surface area (Å²) >= 11 is 1.03. The number of rotatable bonds is 5. The summed E-state index contributed by atoms with van der Waals surface area (Å²) in [5.41, 5.74) is 1.29. The zero-order valence-electron chi connectivity index (χ0n) is 19.6. The summed E-state index contributed by atoms with van der Waals surface area (Å²) in [6.45, 7) is 3.58. The molecule has 2 aliphatic heterocycles. The SMILES string of the molecule is CCOC(=O)c1sc(N2C(=O)C3=C(C(=O)C4CC(F)CCC4O3)C2c2ccc(OC)cc2)nc1C. The van der Waals surface area contributed by atoms with Crippen LogP contribution >= 0.6 is 11.3 Å². The quantitative estimate of drug-likeness (QED) is 0.571. The highest BCUT2D eigenvalue weighted by Crippen LogP contribution is 2.49. The number of aryl methyl sites for hydroxylation is 1. The molecule has 1 saturated carbocycles. The first-order valence-electron chi connectivity index (χ1n) is 11.5. The molecule has 0 bridgehead atoms. The number of Topliss-reactive ketones (excluding diaryl/α,β-unsaturated/α-hetero) is 1. The van der Waals surface area contributed by atoms with E-state index in [4.69, 9.17) is 14.2 Å². The van der Waals surface area contributed by atoms with Crippen molar-refractivity contribution in [2.75, 3.05) is 18.6 Å². The average molecular weight is 501 g/mol. The van der Waals surface area contributed by atoms with E-state index < -0.39 is 36.1 Å². The number of thiazole rings is 1. The number of aromatic nitrogens is 1. The summed E-state index contributed by atoms with van der Waals surface area (Å²) in [5.74, 6) is -1.33. The lowest BCUT2D eigenvalue weighted by Gasteiger charge is -2.36. The van der Waals surface area contributed by atoms with Gasteiger partial charge >= 0.3 is 5.97 Å². The minimum atomic E-state index is -1.08. The van der Waals surface area contributed by atoms with Crippen molar-refractivity contribution in [1.82, 2.24) is 4.98 Å². The summed E-state index contributed by atoms with van der Waals surface area (Å²) in [7, 11) is 1.55. The van der Waals surface area contributed by atoms with Crippen molar-refractivity contribution in [2.24, 2.45) is 5.92 Å². The smallest absolute Gasteiger partial charge is 0.350 e. The highest BCUT2D eigenvalue weighted by molar-refractivity contribution is 7.17. The van der Waals surface area contributed by atoms with Crippen LogP contribution in [0.4, 0.5) is 9.52 Å². The van der Waals surface area contributed by atoms with E-state index in [1.165, 1.54) is 4.90 Å². The fourth-order valence-corrected chi connectivity index (χ4v) is 5.97. The Labute approximate surface area is 205 Å². The van der Waals surface area contributed by atoms with Crippen molar-refractivity contribution in [1.29, 1.82) is 0 Å². The first-order valence-corrected chi connectivity index (χ1v) is 12.4. The van der Waals surface area contributed by atoms with E-state index in [0.29, 0.717) is 29.8 Å². The number of hydrogen-bond acceptors (Lipinski definition) is 8. The Bertz CT molecular complexity index is 1220. The fourth-order valence-electron chi connectivity index (χ4n) is 4.99. The molecule has 1 amide bonds. The second kappa shape index (κ2) is 9.07. The number of hydrogen-bond donors (Lipinski definition) is 0. The number of fused-ring (bicyclic) bond motifs is 1. The van der Waals surface area contributed by atoms with Gasteiger partial charge in [0, 0.05) is 0 Å². The largest absolute Gasteiger partial charge is 0.497 e. The topological polar surface area (TPSA) is 95.0 Å². The van der Waals surface area contributed by atoms with Crippen LogP contribution in [-0.4, -0.2) is 48.6 Å². The molecule has 0 spiro atoms. The van der Waals surface area contributed by atoms with E-state index in [1.54, 1.807) is 45.2 Å². The van der Waals surface area contributed by atoms with Crippen LogP contribution in [0.15, 0.2) is 35.6 Å². The lowest BCUT2D eigenvalue weighted by Crippen LogP contribution is -2.42. The van der Waals surface area contributed by atoms with Gasteiger partial charge in [-0.3, -0.25) is 14.5 Å². The van der Waals surface area contributed by atoms with Gasteiger partial charge in [-0.05, 0) is 50.8 Å². The van der Waals surface area contributed by atoms with Crippen LogP contribution in [-0.2, 0) is 19.1 Å². The van der Waals surface area contributed by atoms with E-state index in [2.05, 4.69) is 4.98 Å². The number of alkyl halides is 1. The van der Waals surface area contributed by atoms with Crippen molar-refractivity contribution in [3.05, 3.63) is 51.7 Å². The lowest BCUT2D eigenvalue weighted by molar-refractivity contribution is -0.133. The number of ketones is 1. The van der Waals surface area contributed by atoms with Crippen molar-refractivity contribution >= 4 is 34.1 Å². The molecule has 2 aromatic rings. The predicted molar refractivity (Wildman–Crippen MR) is 125 cm³/mol. The Kier molecular flexibility index (Phi) is 6.08. The molecule has 3 heterocycles. The van der Waals surface area contributed by atoms with Crippen molar-refractivity contribution in [3.8, 4) is 5.75 Å². The molecular formula is C25H25FN2O6S. The maximum atomic E-state index is 14.2. The molecular weight excluding hydrogens is 475 g/mol. The molecule has 184 valence electrons. The van der Waals surface area contributed by atoms with Gasteiger partial charge in [0.05, 0.1) is 36.9 Å². The standard InChI is InChI=1S/C25H25FN2O6S/c1-4-33-24(31)22-12(2)27-25(35-22)28-19(13-5-8-15(32-3)9-6-13)18-20(29)16-11-14(26)7-10-17(16)34-21(18)23(28)30/h5-6,8-9,14,16-17,19H,4,7,10-11H2,1-3H3. The molecule has 1 aromatic heterocycles. The van der Waals surface area contributed by atoms with Crippen LogP contribution in [0.1, 0.15) is 53.2 Å². The minimum absolute atomic E-state index is 0.0140. The van der Waals surface area contributed by atoms with Crippen molar-refractivity contribution in [2.45, 2.75) is 51.4 Å². The normalized spacial score (nSPS) is 25.8. The Hall–Kier alpha value is -3.27. The second-order valence-corrected chi connectivity index (χ2v) is 9.74. The molecule has 1 fully saturated rings. The molecule has 4 atom stereocenters. The molecule has 0 radical (unpaired) electrons. The second-order valence-electron chi connectivity index (χ2n) is 8.76. The van der Waals surface area contributed by atoms with Gasteiger partial charge < -0.3 is 14.2 Å². The third kappa shape index (κ3) is 3.89. The molecule has 5 rings (SSSR count). The highest BCUT2D eigenvalue weighted by Gasteiger charge is 2.54. The summed E-state index contributed by atoms with van der Waals surface area (Å²) in [6, 6.07) is 6.19. The number of carbonyl (C=O) groups excluding carboxylic acids is 3. The lowest BCUT2D eigenvalue weighted by atomic mass is 9.77. The van der Waals surface area contributed by atoms with E-state index in [-0.39, 0.29) is 40.2 Å². The third-order valence-electron chi connectivity index (χ3n) is 6.67. The van der Waals surface area contributed by atoms with E-state index in [0.717, 1.165) is 11.3 Å². The van der Waals surface area contributed by atoms with Crippen molar-refractivity contribution < 1.29 is 33.0 Å². The first kappa shape index (κ1) is 23.5. The molecule has 0 N–H and O–H groups in total. The number of ether oxygens (including phenoxy) is 3. The van der Waals surface area contributed by atoms with Gasteiger partial charge in [-0.2, -0.15) is 0 Å². The molecule has 0 saturated heterocycles. The first-order chi connectivity index (χ1) is 16.8. The number of carbonyl (C=O) groups is 3. The summed E-state index contributed by atoms with van der Waals surface area (Å²) in [5, 5.41) is 0.258. The van der Waals surface area contributed by atoms with E-state index in [1.807, 2.05) is 0 Å². The van der Waals surface area contributed by atoms with Gasteiger partial charge in [-0.25, -0.2) is 14.2 Å². The Morgan fingerprint density at radius 1 is 1.26 bits per heavy atom. The molecule has 8 nitrogen and oxygen atoms in total. The Morgan fingerprint density at radius 2 is 2.00 bits per heavy atom. The number of methoxy groups -OCH3 is 1. The number of esters is 1. The van der Waals surface area contributed by atoms with Crippen LogP contribution in [0.25, 0.3) is 0 Å². The molecule has 35 heavy (non-hydrogen) atoms. The molecule has 1 aliphatic carbocycles. The summed E-state index contributed by atoms with van der Waals surface area (Å²) in [6.07, 6.45) is -0.856. The summed E-state index contributed by atoms with van der Waals surface area (Å²) in [4.78, 5) is 46.0. The summed E-state index contributed by atoms with van der Waals surface area (Å²) < 4.78 is 30.7. The fraction of sp³-hybridized carbons (Fsp3) is 0.440. The van der Waals surface area contributed by atoms with Gasteiger partial charge in [-0.15, -0.1) is 0 Å². The average Bonchev–Trinajstić information content (AvgIpc) is 3.37. The number of benzene rings is 1.